The smallest absolute Gasteiger partial charge is 0.335 e. The van der Waals surface area contributed by atoms with Gasteiger partial charge in [-0.05, 0) is 78.8 Å². The highest BCUT2D eigenvalue weighted by atomic mass is 16.4. The van der Waals surface area contributed by atoms with Gasteiger partial charge in [-0.25, -0.2) is 9.78 Å². The first-order valence-corrected chi connectivity index (χ1v) is 12.1. The molecule has 1 aliphatic carbocycles. The number of aromatic nitrogens is 1. The number of likely N-dealkylation sites (N-methyl/N-ethyl adjacent to an activating group) is 1. The fraction of sp³-hybridized carbons (Fsp3) is 0.286. The van der Waals surface area contributed by atoms with Gasteiger partial charge < -0.3 is 20.2 Å². The van der Waals surface area contributed by atoms with Crippen LogP contribution in [0.25, 0.3) is 11.1 Å². The first kappa shape index (κ1) is 23.5. The van der Waals surface area contributed by atoms with E-state index in [1.165, 1.54) is 34.8 Å². The number of hydrogen-bond donors (Lipinski definition) is 2. The molecule has 2 heterocycles. The molecule has 5 rings (SSSR count). The summed E-state index contributed by atoms with van der Waals surface area (Å²) in [6, 6.07) is 15.1. The van der Waals surface area contributed by atoms with Crippen molar-refractivity contribution in [3.63, 3.8) is 0 Å². The Bertz CT molecular complexity index is 1350. The minimum atomic E-state index is -1.04. The quantitative estimate of drug-likeness (QED) is 0.519. The Balaban J connectivity index is 1.46. The maximum atomic E-state index is 13.6. The zero-order valence-corrected chi connectivity index (χ0v) is 20.3. The molecule has 1 aliphatic heterocycles. The molecule has 2 N–H and O–H groups in total. The molecule has 3 aromatic rings. The lowest BCUT2D eigenvalue weighted by molar-refractivity contribution is -0.122. The summed E-state index contributed by atoms with van der Waals surface area (Å²) in [4.78, 5) is 45.7. The lowest BCUT2D eigenvalue weighted by atomic mass is 10.0. The number of carbonyl (C=O) groups excluding carboxylic acids is 2. The van der Waals surface area contributed by atoms with E-state index in [2.05, 4.69) is 10.3 Å². The van der Waals surface area contributed by atoms with Gasteiger partial charge in [-0.15, -0.1) is 0 Å². The Morgan fingerprint density at radius 3 is 2.61 bits per heavy atom. The van der Waals surface area contributed by atoms with Gasteiger partial charge in [-0.2, -0.15) is 0 Å². The number of anilines is 2. The molecule has 2 amide bonds. The highest BCUT2D eigenvalue weighted by Gasteiger charge is 2.35. The van der Waals surface area contributed by atoms with Gasteiger partial charge in [-0.1, -0.05) is 18.2 Å². The number of rotatable bonds is 7. The third-order valence-corrected chi connectivity index (χ3v) is 6.89. The maximum absolute atomic E-state index is 13.6. The number of hydrogen-bond acceptors (Lipinski definition) is 5. The van der Waals surface area contributed by atoms with Crippen molar-refractivity contribution in [1.82, 2.24) is 9.88 Å². The third-order valence-electron chi connectivity index (χ3n) is 6.89. The molecule has 1 atom stereocenters. The molecule has 184 valence electrons. The molecule has 0 spiro atoms. The number of amides is 2. The molecule has 1 saturated carbocycles. The van der Waals surface area contributed by atoms with Crippen molar-refractivity contribution in [2.75, 3.05) is 23.8 Å². The van der Waals surface area contributed by atoms with E-state index < -0.39 is 12.0 Å². The highest BCUT2D eigenvalue weighted by Crippen LogP contribution is 2.33. The van der Waals surface area contributed by atoms with Gasteiger partial charge in [0.25, 0.3) is 5.91 Å². The number of nitrogens with one attached hydrogen (secondary N) is 1. The summed E-state index contributed by atoms with van der Waals surface area (Å²) in [6.45, 7) is 2.74. The SMILES string of the molecule is C[C@@H]1C(=O)N(C)c2cc(-c3ccnc(NCC4CC4)c3)ccc2C(=O)N1Cc1cccc(C(=O)O)c1. The largest absolute Gasteiger partial charge is 0.478 e. The number of fused-ring (bicyclic) bond motifs is 1. The molecule has 8 nitrogen and oxygen atoms in total. The van der Waals surface area contributed by atoms with Crippen LogP contribution in [-0.4, -0.2) is 52.4 Å². The number of carboxylic acids is 1. The number of nitrogens with zero attached hydrogens (tertiary/aromatic N) is 3. The monoisotopic (exact) mass is 484 g/mol. The summed E-state index contributed by atoms with van der Waals surface area (Å²) in [6.07, 6.45) is 4.27. The van der Waals surface area contributed by atoms with E-state index in [1.807, 2.05) is 24.3 Å². The number of pyridine rings is 1. The van der Waals surface area contributed by atoms with Crippen LogP contribution in [0.1, 0.15) is 46.0 Å². The average Bonchev–Trinajstić information content (AvgIpc) is 3.73. The van der Waals surface area contributed by atoms with Crippen molar-refractivity contribution in [3.8, 4) is 11.1 Å². The molecule has 0 unspecified atom stereocenters. The standard InChI is InChI=1S/C28H28N4O4/c1-17-26(33)31(2)24-13-20(21-10-11-29-25(14-21)30-15-18-6-7-18)8-9-23(24)27(34)32(17)16-19-4-3-5-22(12-19)28(35)36/h3-5,8-14,17-18H,6-7,15-16H2,1-2H3,(H,29,30)(H,35,36)/t17-/m1/s1. The second-order valence-electron chi connectivity index (χ2n) is 9.50. The van der Waals surface area contributed by atoms with Crippen molar-refractivity contribution < 1.29 is 19.5 Å². The fourth-order valence-electron chi connectivity index (χ4n) is 4.52. The summed E-state index contributed by atoms with van der Waals surface area (Å²) >= 11 is 0. The second-order valence-corrected chi connectivity index (χ2v) is 9.50. The first-order chi connectivity index (χ1) is 17.3. The van der Waals surface area contributed by atoms with Crippen molar-refractivity contribution >= 4 is 29.3 Å². The van der Waals surface area contributed by atoms with Crippen molar-refractivity contribution in [2.24, 2.45) is 5.92 Å². The Hall–Kier alpha value is -4.20. The molecule has 0 saturated heterocycles. The zero-order chi connectivity index (χ0) is 25.4. The summed E-state index contributed by atoms with van der Waals surface area (Å²) in [5.41, 5.74) is 3.58. The topological polar surface area (TPSA) is 103 Å². The van der Waals surface area contributed by atoms with E-state index in [0.717, 1.165) is 29.4 Å². The zero-order valence-electron chi connectivity index (χ0n) is 20.3. The van der Waals surface area contributed by atoms with Crippen LogP contribution in [0, 0.1) is 5.92 Å². The van der Waals surface area contributed by atoms with Crippen LogP contribution in [0.5, 0.6) is 0 Å². The van der Waals surface area contributed by atoms with Crippen molar-refractivity contribution in [1.29, 1.82) is 0 Å². The number of carbonyl (C=O) groups is 3. The van der Waals surface area contributed by atoms with Gasteiger partial charge in [0, 0.05) is 26.3 Å². The maximum Gasteiger partial charge on any atom is 0.335 e. The Morgan fingerprint density at radius 1 is 1.08 bits per heavy atom. The summed E-state index contributed by atoms with van der Waals surface area (Å²) < 4.78 is 0. The van der Waals surface area contributed by atoms with Gasteiger partial charge in [0.05, 0.1) is 16.8 Å². The average molecular weight is 485 g/mol. The second kappa shape index (κ2) is 9.45. The normalized spacial score (nSPS) is 17.6. The van der Waals surface area contributed by atoms with Gasteiger partial charge in [0.1, 0.15) is 11.9 Å². The number of benzene rings is 2. The van der Waals surface area contributed by atoms with Crippen LogP contribution in [-0.2, 0) is 11.3 Å². The number of aromatic carboxylic acids is 1. The summed E-state index contributed by atoms with van der Waals surface area (Å²) in [5.74, 6) is 0.00494. The van der Waals surface area contributed by atoms with Gasteiger partial charge >= 0.3 is 5.97 Å². The van der Waals surface area contributed by atoms with Crippen LogP contribution in [0.2, 0.25) is 0 Å². The summed E-state index contributed by atoms with van der Waals surface area (Å²) in [7, 11) is 1.68. The molecular weight excluding hydrogens is 456 g/mol. The van der Waals surface area contributed by atoms with E-state index in [0.29, 0.717) is 16.8 Å². The minimum absolute atomic E-state index is 0.127. The summed E-state index contributed by atoms with van der Waals surface area (Å²) in [5, 5.41) is 12.7. The van der Waals surface area contributed by atoms with Gasteiger partial charge in [0.2, 0.25) is 5.91 Å². The Labute approximate surface area is 209 Å². The molecule has 2 aliphatic rings. The van der Waals surface area contributed by atoms with E-state index in [1.54, 1.807) is 38.4 Å². The molecule has 36 heavy (non-hydrogen) atoms. The van der Waals surface area contributed by atoms with E-state index in [4.69, 9.17) is 0 Å². The van der Waals surface area contributed by atoms with Crippen molar-refractivity contribution in [3.05, 3.63) is 77.5 Å². The Morgan fingerprint density at radius 2 is 1.86 bits per heavy atom. The molecule has 0 bridgehead atoms. The fourth-order valence-corrected chi connectivity index (χ4v) is 4.52. The number of carboxylic acid groups (broad SMARTS) is 1. The predicted molar refractivity (Wildman–Crippen MR) is 137 cm³/mol. The first-order valence-electron chi connectivity index (χ1n) is 12.1. The van der Waals surface area contributed by atoms with Crippen LogP contribution in [0.15, 0.2) is 60.8 Å². The van der Waals surface area contributed by atoms with Crippen LogP contribution in [0.4, 0.5) is 11.5 Å². The highest BCUT2D eigenvalue weighted by molar-refractivity contribution is 6.11. The predicted octanol–water partition coefficient (Wildman–Crippen LogP) is 4.28. The molecule has 2 aromatic carbocycles. The van der Waals surface area contributed by atoms with Crippen LogP contribution < -0.4 is 10.2 Å². The molecular formula is C28H28N4O4. The molecule has 0 radical (unpaired) electrons. The molecule has 8 heteroatoms. The third kappa shape index (κ3) is 4.66. The molecule has 1 fully saturated rings. The van der Waals surface area contributed by atoms with E-state index in [-0.39, 0.29) is 23.9 Å². The van der Waals surface area contributed by atoms with Gasteiger partial charge in [0.15, 0.2) is 0 Å². The lowest BCUT2D eigenvalue weighted by Crippen LogP contribution is -2.45. The van der Waals surface area contributed by atoms with Crippen LogP contribution in [0.3, 0.4) is 0 Å². The van der Waals surface area contributed by atoms with E-state index >= 15 is 0 Å². The van der Waals surface area contributed by atoms with E-state index in [9.17, 15) is 19.5 Å². The van der Waals surface area contributed by atoms with Crippen molar-refractivity contribution in [2.45, 2.75) is 32.4 Å². The van der Waals surface area contributed by atoms with Crippen LogP contribution >= 0.6 is 0 Å². The Kier molecular flexibility index (Phi) is 6.18. The minimum Gasteiger partial charge on any atom is -0.478 e. The van der Waals surface area contributed by atoms with Gasteiger partial charge in [-0.3, -0.25) is 9.59 Å². The molecule has 1 aromatic heterocycles. The lowest BCUT2D eigenvalue weighted by Gasteiger charge is -2.27.